The number of alkyl halides is 1. The Balaban J connectivity index is 1.73. The molecule has 0 radical (unpaired) electrons. The predicted octanol–water partition coefficient (Wildman–Crippen LogP) is 1.22. The van der Waals surface area contributed by atoms with Crippen molar-refractivity contribution in [3.05, 3.63) is 17.6 Å². The molecule has 0 bridgehead atoms. The lowest BCUT2D eigenvalue weighted by Crippen LogP contribution is -2.43. The van der Waals surface area contributed by atoms with E-state index in [0.29, 0.717) is 25.9 Å². The Bertz CT molecular complexity index is 542. The van der Waals surface area contributed by atoms with Crippen LogP contribution in [0, 0.1) is 5.92 Å². The quantitative estimate of drug-likeness (QED) is 0.822. The first kappa shape index (κ1) is 14.2. The van der Waals surface area contributed by atoms with Crippen LogP contribution in [0.25, 0.3) is 0 Å². The second kappa shape index (κ2) is 5.58. The number of carbonyl (C=O) groups is 1. The first-order valence-electron chi connectivity index (χ1n) is 7.49. The minimum atomic E-state index is -0.783. The number of halogens is 1. The molecule has 1 aromatic heterocycles. The summed E-state index contributed by atoms with van der Waals surface area (Å²) in [6.07, 6.45) is 3.10. The van der Waals surface area contributed by atoms with Crippen molar-refractivity contribution in [2.75, 3.05) is 32.1 Å². The van der Waals surface area contributed by atoms with Gasteiger partial charge in [0.1, 0.15) is 18.3 Å². The predicted molar refractivity (Wildman–Crippen MR) is 78.0 cm³/mol. The molecule has 0 saturated heterocycles. The van der Waals surface area contributed by atoms with E-state index < -0.39 is 6.17 Å². The number of carbonyl (C=O) groups excluding carboxylic acids is 1. The van der Waals surface area contributed by atoms with Crippen LogP contribution in [0.15, 0.2) is 6.33 Å². The summed E-state index contributed by atoms with van der Waals surface area (Å²) in [5, 5.41) is 0. The summed E-state index contributed by atoms with van der Waals surface area (Å²) in [4.78, 5) is 24.9. The molecule has 2 aliphatic rings. The Morgan fingerprint density at radius 1 is 1.29 bits per heavy atom. The monoisotopic (exact) mass is 292 g/mol. The first-order valence-corrected chi connectivity index (χ1v) is 7.49. The van der Waals surface area contributed by atoms with E-state index >= 15 is 0 Å². The van der Waals surface area contributed by atoms with Gasteiger partial charge in [-0.05, 0) is 19.3 Å². The average molecular weight is 292 g/mol. The molecule has 0 aromatic carbocycles. The van der Waals surface area contributed by atoms with Crippen molar-refractivity contribution in [2.45, 2.75) is 31.9 Å². The van der Waals surface area contributed by atoms with Crippen molar-refractivity contribution in [3.63, 3.8) is 0 Å². The van der Waals surface area contributed by atoms with Crippen LogP contribution in [-0.4, -0.2) is 54.1 Å². The van der Waals surface area contributed by atoms with Gasteiger partial charge >= 0.3 is 0 Å². The second-order valence-electron chi connectivity index (χ2n) is 6.11. The lowest BCUT2D eigenvalue weighted by molar-refractivity contribution is -0.140. The topological polar surface area (TPSA) is 49.3 Å². The number of nitrogens with zero attached hydrogens (tertiary/aromatic N) is 4. The Morgan fingerprint density at radius 3 is 2.67 bits per heavy atom. The highest BCUT2D eigenvalue weighted by Gasteiger charge is 2.37. The fraction of sp³-hybridized carbons (Fsp3) is 0.667. The van der Waals surface area contributed by atoms with E-state index in [-0.39, 0.29) is 11.8 Å². The molecule has 3 rings (SSSR count). The number of anilines is 1. The number of hydrogen-bond acceptors (Lipinski definition) is 4. The van der Waals surface area contributed by atoms with Gasteiger partial charge in [0.25, 0.3) is 0 Å². The molecule has 0 unspecified atom stereocenters. The van der Waals surface area contributed by atoms with Gasteiger partial charge in [0.15, 0.2) is 0 Å². The van der Waals surface area contributed by atoms with Gasteiger partial charge in [0, 0.05) is 45.1 Å². The molecule has 6 heteroatoms. The van der Waals surface area contributed by atoms with Gasteiger partial charge in [0.2, 0.25) is 5.91 Å². The fourth-order valence-corrected chi connectivity index (χ4v) is 3.12. The molecule has 21 heavy (non-hydrogen) atoms. The lowest BCUT2D eigenvalue weighted by atomic mass is 9.82. The van der Waals surface area contributed by atoms with Crippen molar-refractivity contribution < 1.29 is 9.18 Å². The molecule has 114 valence electrons. The van der Waals surface area contributed by atoms with Gasteiger partial charge < -0.3 is 9.80 Å². The van der Waals surface area contributed by atoms with Crippen molar-refractivity contribution >= 4 is 11.7 Å². The third-order valence-corrected chi connectivity index (χ3v) is 4.43. The van der Waals surface area contributed by atoms with Gasteiger partial charge in [0.05, 0.1) is 5.69 Å². The van der Waals surface area contributed by atoms with E-state index in [9.17, 15) is 9.18 Å². The Labute approximate surface area is 124 Å². The molecule has 0 spiro atoms. The maximum absolute atomic E-state index is 12.9. The van der Waals surface area contributed by atoms with E-state index in [1.807, 2.05) is 23.9 Å². The summed E-state index contributed by atoms with van der Waals surface area (Å²) in [5.41, 5.74) is 2.16. The largest absolute Gasteiger partial charge is 0.362 e. The molecule has 0 atom stereocenters. The molecular formula is C15H21FN4O. The van der Waals surface area contributed by atoms with Gasteiger partial charge in [-0.15, -0.1) is 0 Å². The first-order chi connectivity index (χ1) is 10.1. The van der Waals surface area contributed by atoms with Gasteiger partial charge in [-0.1, -0.05) is 0 Å². The van der Waals surface area contributed by atoms with E-state index in [2.05, 4.69) is 9.97 Å². The third-order valence-electron chi connectivity index (χ3n) is 4.43. The van der Waals surface area contributed by atoms with Crippen molar-refractivity contribution in [3.8, 4) is 0 Å². The average Bonchev–Trinajstić information content (AvgIpc) is 2.65. The zero-order valence-electron chi connectivity index (χ0n) is 12.5. The highest BCUT2D eigenvalue weighted by Crippen LogP contribution is 2.32. The van der Waals surface area contributed by atoms with Gasteiger partial charge in [-0.2, -0.15) is 0 Å². The molecule has 1 amide bonds. The van der Waals surface area contributed by atoms with E-state index in [1.54, 1.807) is 6.33 Å². The number of hydrogen-bond donors (Lipinski definition) is 0. The molecule has 1 aromatic rings. The summed E-state index contributed by atoms with van der Waals surface area (Å²) < 4.78 is 12.9. The molecule has 0 N–H and O–H groups in total. The van der Waals surface area contributed by atoms with Gasteiger partial charge in [-0.25, -0.2) is 14.4 Å². The molecule has 1 aliphatic heterocycles. The van der Waals surface area contributed by atoms with Crippen molar-refractivity contribution in [1.29, 1.82) is 0 Å². The summed E-state index contributed by atoms with van der Waals surface area (Å²) in [6.45, 7) is 1.34. The van der Waals surface area contributed by atoms with E-state index in [4.69, 9.17) is 0 Å². The summed E-state index contributed by atoms with van der Waals surface area (Å²) >= 11 is 0. The van der Waals surface area contributed by atoms with Crippen LogP contribution in [0.1, 0.15) is 24.1 Å². The fourth-order valence-electron chi connectivity index (χ4n) is 3.12. The van der Waals surface area contributed by atoms with Crippen LogP contribution in [0.2, 0.25) is 0 Å². The van der Waals surface area contributed by atoms with Crippen LogP contribution in [0.3, 0.4) is 0 Å². The zero-order valence-corrected chi connectivity index (χ0v) is 12.5. The Kier molecular flexibility index (Phi) is 3.78. The lowest BCUT2D eigenvalue weighted by Gasteiger charge is -2.33. The Morgan fingerprint density at radius 2 is 2.00 bits per heavy atom. The molecule has 1 saturated carbocycles. The maximum atomic E-state index is 12.9. The SMILES string of the molecule is CN(C)c1ncnc2c1CCN(C(=O)C1CC(F)C1)CC2. The molecule has 1 fully saturated rings. The minimum Gasteiger partial charge on any atom is -0.362 e. The smallest absolute Gasteiger partial charge is 0.225 e. The minimum absolute atomic E-state index is 0.107. The highest BCUT2D eigenvalue weighted by atomic mass is 19.1. The number of aromatic nitrogens is 2. The molecular weight excluding hydrogens is 271 g/mol. The normalized spacial score (nSPS) is 24.8. The molecule has 1 aliphatic carbocycles. The van der Waals surface area contributed by atoms with Crippen LogP contribution in [0.5, 0.6) is 0 Å². The van der Waals surface area contributed by atoms with Crippen molar-refractivity contribution in [1.82, 2.24) is 14.9 Å². The molecule has 2 heterocycles. The third kappa shape index (κ3) is 2.71. The van der Waals surface area contributed by atoms with E-state index in [1.165, 1.54) is 0 Å². The summed E-state index contributed by atoms with van der Waals surface area (Å²) in [6, 6.07) is 0. The number of rotatable bonds is 2. The number of fused-ring (bicyclic) bond motifs is 1. The summed E-state index contributed by atoms with van der Waals surface area (Å²) in [5.74, 6) is 0.929. The van der Waals surface area contributed by atoms with Crippen LogP contribution in [-0.2, 0) is 17.6 Å². The highest BCUT2D eigenvalue weighted by molar-refractivity contribution is 5.80. The Hall–Kier alpha value is -1.72. The maximum Gasteiger partial charge on any atom is 0.225 e. The van der Waals surface area contributed by atoms with Gasteiger partial charge in [-0.3, -0.25) is 4.79 Å². The second-order valence-corrected chi connectivity index (χ2v) is 6.11. The number of amides is 1. The standard InChI is InChI=1S/C15H21FN4O/c1-19(2)14-12-3-5-20(6-4-13(12)17-9-18-14)15(21)10-7-11(16)8-10/h9-11H,3-8H2,1-2H3. The van der Waals surface area contributed by atoms with Crippen LogP contribution >= 0.6 is 0 Å². The van der Waals surface area contributed by atoms with Crippen LogP contribution < -0.4 is 4.90 Å². The van der Waals surface area contributed by atoms with Crippen LogP contribution in [0.4, 0.5) is 10.2 Å². The van der Waals surface area contributed by atoms with E-state index in [0.717, 1.165) is 29.9 Å². The summed E-state index contributed by atoms with van der Waals surface area (Å²) in [7, 11) is 3.93. The zero-order chi connectivity index (χ0) is 15.0. The van der Waals surface area contributed by atoms with Crippen molar-refractivity contribution in [2.24, 2.45) is 5.92 Å². The molecule has 5 nitrogen and oxygen atoms in total.